The standard InChI is InChI=1S/C17H14ClFO3S.C13H9ClFNO4S.C13H11ClFNO2S.C6H15N.C4H8O.2ClH.Sn/c1-2-15(20)9-12-5-3-4-6-17(12)23(21,22)11-13-7-8-14(19)10-16(13)18;14-11-7-10(15)6-5-9(11)8-21(19,20)13-4-2-1-3-12(13)16(17)18;14-11-7-10(15)6-5-9(11)8-19(17,18)13-4-2-1-3-12(13)16;1-4-7(5-2)6-3;1-2-4-5-3-1;;;/h2-8,10H,1,9,11H2;1-7H,8H2;1-7H,8,16H2;4-6H2,1-3H3;1-4H2;2*1H;/q;;;;;;;+2/p-2. The molecule has 13 nitrogen and oxygen atoms in total. The fourth-order valence-corrected chi connectivity index (χ4v) is 12.5. The number of carbonyl (C=O) groups is 1. The molecule has 78 heavy (non-hydrogen) atoms. The topological polar surface area (TPSA) is 201 Å². The van der Waals surface area contributed by atoms with Crippen LogP contribution in [0.5, 0.6) is 0 Å². The molecule has 6 aromatic rings. The minimum absolute atomic E-state index is 0.0443. The first-order valence-corrected chi connectivity index (χ1v) is 36.7. The number of hydrogen-bond acceptors (Lipinski definition) is 12. The van der Waals surface area contributed by atoms with Gasteiger partial charge in [-0.1, -0.05) is 123 Å². The van der Waals surface area contributed by atoms with Gasteiger partial charge in [0, 0.05) is 40.8 Å². The Morgan fingerprint density at radius 2 is 0.987 bits per heavy atom. The van der Waals surface area contributed by atoms with E-state index in [9.17, 15) is 53.3 Å². The fourth-order valence-electron chi connectivity index (χ4n) is 6.79. The number of ketones is 1. The van der Waals surface area contributed by atoms with Crippen molar-refractivity contribution >= 4 is 118 Å². The van der Waals surface area contributed by atoms with Crippen molar-refractivity contribution in [2.24, 2.45) is 0 Å². The van der Waals surface area contributed by atoms with Gasteiger partial charge in [0.1, 0.15) is 22.3 Å². The molecule has 1 aliphatic heterocycles. The van der Waals surface area contributed by atoms with Gasteiger partial charge in [0.15, 0.2) is 35.3 Å². The molecule has 2 radical (unpaired) electrons. The number of anilines is 1. The number of nitro groups is 1. The molecule has 0 bridgehead atoms. The molecule has 0 spiro atoms. The average Bonchev–Trinajstić information content (AvgIpc) is 3.99. The number of rotatable bonds is 16. The maximum atomic E-state index is 13.1. The zero-order valence-corrected chi connectivity index (χ0v) is 51.6. The van der Waals surface area contributed by atoms with Crippen molar-refractivity contribution in [1.29, 1.82) is 0 Å². The fraction of sp³-hybridized carbons (Fsp3) is 0.264. The summed E-state index contributed by atoms with van der Waals surface area (Å²) >= 11 is 16.7. The van der Waals surface area contributed by atoms with Gasteiger partial charge in [-0.05, 0) is 121 Å². The molecule has 25 heteroatoms. The molecule has 1 fully saturated rings. The molecule has 0 unspecified atom stereocenters. The first kappa shape index (κ1) is 69.8. The van der Waals surface area contributed by atoms with E-state index in [1.165, 1.54) is 87.1 Å². The zero-order valence-electron chi connectivity index (χ0n) is 42.5. The number of nitrogens with zero attached hydrogens (tertiary/aromatic N) is 2. The van der Waals surface area contributed by atoms with Gasteiger partial charge >= 0.3 is 36.7 Å². The summed E-state index contributed by atoms with van der Waals surface area (Å²) in [5.74, 6) is -3.14. The van der Waals surface area contributed by atoms with Gasteiger partial charge in [0.25, 0.3) is 5.69 Å². The van der Waals surface area contributed by atoms with Gasteiger partial charge in [-0.2, -0.15) is 0 Å². The van der Waals surface area contributed by atoms with Gasteiger partial charge < -0.3 is 15.4 Å². The van der Waals surface area contributed by atoms with Crippen LogP contribution in [0.1, 0.15) is 55.9 Å². The van der Waals surface area contributed by atoms with Gasteiger partial charge in [-0.3, -0.25) is 14.9 Å². The van der Waals surface area contributed by atoms with E-state index in [2.05, 4.69) is 32.3 Å². The van der Waals surface area contributed by atoms with Crippen LogP contribution in [-0.2, 0) is 62.7 Å². The minimum atomic E-state index is -3.97. The second-order valence-electron chi connectivity index (χ2n) is 16.2. The normalized spacial score (nSPS) is 11.8. The second kappa shape index (κ2) is 35.5. The summed E-state index contributed by atoms with van der Waals surface area (Å²) in [6, 6.07) is 28.0. The van der Waals surface area contributed by atoms with Crippen LogP contribution in [0.25, 0.3) is 0 Å². The van der Waals surface area contributed by atoms with Crippen molar-refractivity contribution in [3.05, 3.63) is 205 Å². The zero-order chi connectivity index (χ0) is 58.6. The van der Waals surface area contributed by atoms with Crippen LogP contribution in [0, 0.1) is 27.6 Å². The summed E-state index contributed by atoms with van der Waals surface area (Å²) in [5.41, 5.74) is 6.55. The molecule has 1 aliphatic rings. The Labute approximate surface area is 487 Å². The van der Waals surface area contributed by atoms with Crippen molar-refractivity contribution in [2.75, 3.05) is 38.6 Å². The van der Waals surface area contributed by atoms with Crippen molar-refractivity contribution in [2.45, 2.75) is 72.0 Å². The molecule has 0 saturated carbocycles. The quantitative estimate of drug-likeness (QED) is 0.0316. The molecular formula is C53H57Cl5F3N3O10S3Sn. The molecule has 422 valence electrons. The van der Waals surface area contributed by atoms with E-state index in [0.717, 1.165) is 61.8 Å². The molecule has 0 atom stereocenters. The molecule has 0 amide bonds. The summed E-state index contributed by atoms with van der Waals surface area (Å²) in [5, 5.41) is 11.0. The average molecular weight is 1350 g/mol. The van der Waals surface area contributed by atoms with Crippen molar-refractivity contribution in [3.8, 4) is 0 Å². The second-order valence-corrected chi connectivity index (χ2v) is 27.5. The van der Waals surface area contributed by atoms with Crippen LogP contribution in [0.2, 0.25) is 15.1 Å². The third kappa shape index (κ3) is 24.2. The predicted octanol–water partition coefficient (Wildman–Crippen LogP) is 13.3. The van der Waals surface area contributed by atoms with E-state index >= 15 is 0 Å². The summed E-state index contributed by atoms with van der Waals surface area (Å²) in [6.45, 7) is 15.5. The van der Waals surface area contributed by atoms with Crippen LogP contribution in [-0.4, -0.2) is 92.6 Å². The summed E-state index contributed by atoms with van der Waals surface area (Å²) in [6.07, 6.45) is 3.66. The Balaban J connectivity index is 0.000000353. The number of carbonyl (C=O) groups excluding carboxylic acids is 1. The van der Waals surface area contributed by atoms with Crippen LogP contribution < -0.4 is 5.73 Å². The molecule has 0 aromatic heterocycles. The maximum absolute atomic E-state index is 13.1. The molecular weight excluding hydrogens is 1290 g/mol. The third-order valence-corrected chi connectivity index (χ3v) is 17.1. The number of sulfone groups is 3. The predicted molar refractivity (Wildman–Crippen MR) is 307 cm³/mol. The summed E-state index contributed by atoms with van der Waals surface area (Å²) < 4.78 is 118. The third-order valence-electron chi connectivity index (χ3n) is 10.8. The summed E-state index contributed by atoms with van der Waals surface area (Å²) in [4.78, 5) is 23.8. The van der Waals surface area contributed by atoms with E-state index in [-0.39, 0.29) is 59.8 Å². The van der Waals surface area contributed by atoms with E-state index in [0.29, 0.717) is 16.7 Å². The molecule has 0 aliphatic carbocycles. The number of allylic oxidation sites excluding steroid dienone is 1. The van der Waals surface area contributed by atoms with E-state index in [4.69, 9.17) is 63.1 Å². The van der Waals surface area contributed by atoms with E-state index in [1.54, 1.807) is 30.3 Å². The Morgan fingerprint density at radius 1 is 0.628 bits per heavy atom. The number of nitro benzene ring substituents is 1. The number of ether oxygens (including phenoxy) is 1. The number of benzene rings is 6. The van der Waals surface area contributed by atoms with E-state index < -0.39 is 87.1 Å². The number of para-hydroxylation sites is 2. The van der Waals surface area contributed by atoms with Crippen molar-refractivity contribution in [3.63, 3.8) is 0 Å². The van der Waals surface area contributed by atoms with Crippen LogP contribution >= 0.6 is 52.6 Å². The van der Waals surface area contributed by atoms with E-state index in [1.807, 2.05) is 0 Å². The molecule has 1 heterocycles. The molecule has 2 N–H and O–H groups in total. The first-order valence-electron chi connectivity index (χ1n) is 23.4. The number of nitrogens with two attached hydrogens (primary N) is 1. The first-order chi connectivity index (χ1) is 36.8. The van der Waals surface area contributed by atoms with Gasteiger partial charge in [0.05, 0.1) is 37.7 Å². The molecule has 6 aromatic carbocycles. The number of halogens is 8. The van der Waals surface area contributed by atoms with Gasteiger partial charge in [0.2, 0.25) is 0 Å². The monoisotopic (exact) mass is 1340 g/mol. The van der Waals surface area contributed by atoms with Gasteiger partial charge in [-0.15, -0.1) is 0 Å². The van der Waals surface area contributed by atoms with Crippen LogP contribution in [0.3, 0.4) is 0 Å². The summed E-state index contributed by atoms with van der Waals surface area (Å²) in [7, 11) is -1.44. The van der Waals surface area contributed by atoms with Gasteiger partial charge in [-0.25, -0.2) is 38.4 Å². The van der Waals surface area contributed by atoms with Crippen LogP contribution in [0.15, 0.2) is 155 Å². The van der Waals surface area contributed by atoms with Crippen molar-refractivity contribution < 1.29 is 52.9 Å². The molecule has 1 saturated heterocycles. The van der Waals surface area contributed by atoms with Crippen molar-refractivity contribution in [1.82, 2.24) is 4.90 Å². The Morgan fingerprint density at radius 3 is 1.33 bits per heavy atom. The Hall–Kier alpha value is -4.26. The Bertz CT molecular complexity index is 3260. The SMILES string of the molecule is C1CCOC1.C=CC(=O)Cc1ccccc1S(=O)(=O)Cc1ccc(F)cc1Cl.CCN(CC)CC.Nc1ccccc1S(=O)(=O)Cc1ccc(F)cc1Cl.O=[N+]([O-])c1ccccc1S(=O)(=O)Cc1ccc(F)cc1Cl.[Cl][Sn][Cl]. The number of hydrogen-bond donors (Lipinski definition) is 1. The molecule has 7 rings (SSSR count). The Kier molecular flexibility index (Phi) is 31.8. The number of nitrogen functional groups attached to an aromatic ring is 1. The van der Waals surface area contributed by atoms with Crippen LogP contribution in [0.4, 0.5) is 24.5 Å².